The topological polar surface area (TPSA) is 44.4 Å². The van der Waals surface area contributed by atoms with Crippen molar-refractivity contribution in [2.45, 2.75) is 51.9 Å². The van der Waals surface area contributed by atoms with Gasteiger partial charge in [0, 0.05) is 30.9 Å². The summed E-state index contributed by atoms with van der Waals surface area (Å²) in [5, 5.41) is 6.57. The zero-order chi connectivity index (χ0) is 17.5. The minimum absolute atomic E-state index is 0.145. The molecule has 2 fully saturated rings. The van der Waals surface area contributed by atoms with Crippen LogP contribution in [0, 0.1) is 11.8 Å². The summed E-state index contributed by atoms with van der Waals surface area (Å²) in [5.41, 5.74) is 2.17. The number of carbonyl (C=O) groups excluding carboxylic acids is 1. The first-order valence-corrected chi connectivity index (χ1v) is 10.1. The summed E-state index contributed by atoms with van der Waals surface area (Å²) in [4.78, 5) is 14.9. The molecule has 4 heteroatoms. The summed E-state index contributed by atoms with van der Waals surface area (Å²) in [6, 6.07) is 8.36. The highest BCUT2D eigenvalue weighted by molar-refractivity contribution is 5.91. The van der Waals surface area contributed by atoms with Crippen LogP contribution in [0.1, 0.15) is 51.9 Å². The number of hydrogen-bond donors (Lipinski definition) is 2. The summed E-state index contributed by atoms with van der Waals surface area (Å²) in [5.74, 6) is 1.20. The quantitative estimate of drug-likeness (QED) is 0.848. The lowest BCUT2D eigenvalue weighted by Crippen LogP contribution is -2.34. The van der Waals surface area contributed by atoms with Gasteiger partial charge in [-0.05, 0) is 68.8 Å². The normalized spacial score (nSPS) is 22.9. The molecular formula is C21H33N3O. The Kier molecular flexibility index (Phi) is 6.74. The smallest absolute Gasteiger partial charge is 0.224 e. The third-order valence-corrected chi connectivity index (χ3v) is 5.75. The van der Waals surface area contributed by atoms with Gasteiger partial charge >= 0.3 is 0 Å². The van der Waals surface area contributed by atoms with E-state index in [1.54, 1.807) is 0 Å². The second-order valence-corrected chi connectivity index (χ2v) is 7.79. The number of piperidine rings is 1. The van der Waals surface area contributed by atoms with E-state index in [9.17, 15) is 4.79 Å². The Hall–Kier alpha value is -1.55. The summed E-state index contributed by atoms with van der Waals surface area (Å²) >= 11 is 0. The Bertz CT molecular complexity index is 546. The molecular weight excluding hydrogens is 310 g/mol. The van der Waals surface area contributed by atoms with Gasteiger partial charge in [0.05, 0.1) is 0 Å². The van der Waals surface area contributed by atoms with Gasteiger partial charge in [-0.25, -0.2) is 0 Å². The van der Waals surface area contributed by atoms with Crippen molar-refractivity contribution in [3.63, 3.8) is 0 Å². The van der Waals surface area contributed by atoms with Gasteiger partial charge < -0.3 is 15.5 Å². The molecule has 2 unspecified atom stereocenters. The molecule has 2 saturated heterocycles. The number of rotatable bonds is 5. The molecule has 1 amide bonds. The fourth-order valence-corrected chi connectivity index (χ4v) is 4.14. The molecule has 4 nitrogen and oxygen atoms in total. The van der Waals surface area contributed by atoms with Crippen molar-refractivity contribution in [1.82, 2.24) is 5.32 Å². The number of anilines is 2. The maximum absolute atomic E-state index is 12.5. The lowest BCUT2D eigenvalue weighted by molar-refractivity contribution is -0.117. The van der Waals surface area contributed by atoms with Gasteiger partial charge in [-0.3, -0.25) is 4.79 Å². The van der Waals surface area contributed by atoms with E-state index in [4.69, 9.17) is 0 Å². The van der Waals surface area contributed by atoms with Crippen LogP contribution in [0.4, 0.5) is 11.4 Å². The van der Waals surface area contributed by atoms with Crippen molar-refractivity contribution < 1.29 is 4.79 Å². The molecule has 1 aromatic carbocycles. The van der Waals surface area contributed by atoms with Gasteiger partial charge in [0.15, 0.2) is 0 Å². The van der Waals surface area contributed by atoms with Crippen LogP contribution >= 0.6 is 0 Å². The van der Waals surface area contributed by atoms with Crippen molar-refractivity contribution in [3.8, 4) is 0 Å². The second-order valence-electron chi connectivity index (χ2n) is 7.79. The number of carbonyl (C=O) groups is 1. The van der Waals surface area contributed by atoms with Crippen LogP contribution in [0.3, 0.4) is 0 Å². The molecule has 0 radical (unpaired) electrons. The van der Waals surface area contributed by atoms with Crippen molar-refractivity contribution in [2.24, 2.45) is 11.8 Å². The maximum atomic E-state index is 12.5. The van der Waals surface area contributed by atoms with E-state index in [1.807, 2.05) is 6.07 Å². The SMILES string of the molecule is CC(CC(=O)Nc1cccc(N2CCCCCC2)c1)C1CCCNC1. The van der Waals surface area contributed by atoms with Gasteiger partial charge in [0.25, 0.3) is 0 Å². The van der Waals surface area contributed by atoms with E-state index in [-0.39, 0.29) is 5.91 Å². The third-order valence-electron chi connectivity index (χ3n) is 5.75. The lowest BCUT2D eigenvalue weighted by atomic mass is 9.85. The molecule has 0 aromatic heterocycles. The van der Waals surface area contributed by atoms with Crippen molar-refractivity contribution >= 4 is 17.3 Å². The predicted octanol–water partition coefficient (Wildman–Crippen LogP) is 4.03. The van der Waals surface area contributed by atoms with E-state index < -0.39 is 0 Å². The molecule has 2 aliphatic rings. The van der Waals surface area contributed by atoms with Gasteiger partial charge in [0.1, 0.15) is 0 Å². The largest absolute Gasteiger partial charge is 0.371 e. The second kappa shape index (κ2) is 9.23. The van der Waals surface area contributed by atoms with Crippen LogP contribution in [-0.2, 0) is 4.79 Å². The number of hydrogen-bond acceptors (Lipinski definition) is 3. The van der Waals surface area contributed by atoms with Crippen LogP contribution in [0.5, 0.6) is 0 Å². The number of amides is 1. The molecule has 2 aliphatic heterocycles. The Morgan fingerprint density at radius 2 is 2.04 bits per heavy atom. The fraction of sp³-hybridized carbons (Fsp3) is 0.667. The summed E-state index contributed by atoms with van der Waals surface area (Å²) in [6.07, 6.45) is 8.29. The van der Waals surface area contributed by atoms with Gasteiger partial charge in [-0.15, -0.1) is 0 Å². The fourth-order valence-electron chi connectivity index (χ4n) is 4.14. The Morgan fingerprint density at radius 1 is 1.24 bits per heavy atom. The molecule has 25 heavy (non-hydrogen) atoms. The van der Waals surface area contributed by atoms with Crippen LogP contribution < -0.4 is 15.5 Å². The van der Waals surface area contributed by atoms with E-state index >= 15 is 0 Å². The summed E-state index contributed by atoms with van der Waals surface area (Å²) in [7, 11) is 0. The van der Waals surface area contributed by atoms with Gasteiger partial charge in [-0.2, -0.15) is 0 Å². The highest BCUT2D eigenvalue weighted by Crippen LogP contribution is 2.25. The van der Waals surface area contributed by atoms with Gasteiger partial charge in [-0.1, -0.05) is 25.8 Å². The van der Waals surface area contributed by atoms with Crippen LogP contribution in [0.2, 0.25) is 0 Å². The zero-order valence-corrected chi connectivity index (χ0v) is 15.6. The summed E-state index contributed by atoms with van der Waals surface area (Å²) < 4.78 is 0. The first kappa shape index (κ1) is 18.2. The minimum Gasteiger partial charge on any atom is -0.371 e. The van der Waals surface area contributed by atoms with Crippen molar-refractivity contribution in [1.29, 1.82) is 0 Å². The molecule has 0 aliphatic carbocycles. The Labute approximate surface area is 152 Å². The minimum atomic E-state index is 0.145. The van der Waals surface area contributed by atoms with Crippen LogP contribution in [0.15, 0.2) is 24.3 Å². The van der Waals surface area contributed by atoms with Crippen molar-refractivity contribution in [3.05, 3.63) is 24.3 Å². The molecule has 2 N–H and O–H groups in total. The van der Waals surface area contributed by atoms with Crippen LogP contribution in [0.25, 0.3) is 0 Å². The first-order valence-electron chi connectivity index (χ1n) is 10.1. The highest BCUT2D eigenvalue weighted by Gasteiger charge is 2.22. The summed E-state index contributed by atoms with van der Waals surface area (Å²) in [6.45, 7) is 6.65. The standard InChI is InChI=1S/C21H33N3O/c1-17(18-8-7-11-22-16-18)14-21(25)23-19-9-6-10-20(15-19)24-12-4-2-3-5-13-24/h6,9-10,15,17-18,22H,2-5,7-8,11-14,16H2,1H3,(H,23,25). The number of nitrogens with zero attached hydrogens (tertiary/aromatic N) is 1. The molecule has 0 spiro atoms. The van der Waals surface area contributed by atoms with E-state index in [2.05, 4.69) is 40.7 Å². The Balaban J connectivity index is 1.54. The maximum Gasteiger partial charge on any atom is 0.224 e. The zero-order valence-electron chi connectivity index (χ0n) is 15.6. The molecule has 0 saturated carbocycles. The molecule has 138 valence electrons. The first-order chi connectivity index (χ1) is 12.2. The third kappa shape index (κ3) is 5.46. The molecule has 2 atom stereocenters. The van der Waals surface area contributed by atoms with Crippen molar-refractivity contribution in [2.75, 3.05) is 36.4 Å². The predicted molar refractivity (Wildman–Crippen MR) is 105 cm³/mol. The van der Waals surface area contributed by atoms with E-state index in [1.165, 1.54) is 44.2 Å². The Morgan fingerprint density at radius 3 is 2.76 bits per heavy atom. The number of nitrogens with one attached hydrogen (secondary N) is 2. The van der Waals surface area contributed by atoms with Crippen LogP contribution in [-0.4, -0.2) is 32.1 Å². The average molecular weight is 344 g/mol. The van der Waals surface area contributed by atoms with E-state index in [0.29, 0.717) is 18.3 Å². The highest BCUT2D eigenvalue weighted by atomic mass is 16.1. The molecule has 1 aromatic rings. The number of benzene rings is 1. The monoisotopic (exact) mass is 343 g/mol. The molecule has 3 rings (SSSR count). The average Bonchev–Trinajstić information content (AvgIpc) is 2.92. The lowest BCUT2D eigenvalue weighted by Gasteiger charge is -2.28. The molecule has 2 heterocycles. The molecule has 0 bridgehead atoms. The van der Waals surface area contributed by atoms with E-state index in [0.717, 1.165) is 31.9 Å². The van der Waals surface area contributed by atoms with Gasteiger partial charge in [0.2, 0.25) is 5.91 Å².